The van der Waals surface area contributed by atoms with E-state index in [1.165, 1.54) is 16.8 Å². The van der Waals surface area contributed by atoms with Gasteiger partial charge in [-0.1, -0.05) is 0 Å². The standard InChI is InChI=1S/C13H13NO3S/c1-8(2)17-10-5-3-9(4-6-10)12-11(13(15)16)14-7-18-12/h3-8H,1-2H3,(H,15,16). The first-order valence-electron chi connectivity index (χ1n) is 5.52. The number of ether oxygens (including phenoxy) is 1. The highest BCUT2D eigenvalue weighted by molar-refractivity contribution is 7.13. The molecule has 0 saturated carbocycles. The molecule has 0 aliphatic carbocycles. The molecule has 0 unspecified atom stereocenters. The van der Waals surface area contributed by atoms with Crippen molar-refractivity contribution >= 4 is 17.3 Å². The smallest absolute Gasteiger partial charge is 0.356 e. The number of aromatic nitrogens is 1. The lowest BCUT2D eigenvalue weighted by molar-refractivity contribution is 0.0692. The molecular weight excluding hydrogens is 250 g/mol. The Hall–Kier alpha value is -1.88. The van der Waals surface area contributed by atoms with E-state index in [9.17, 15) is 4.79 Å². The number of benzene rings is 1. The van der Waals surface area contributed by atoms with Crippen molar-refractivity contribution in [3.63, 3.8) is 0 Å². The third kappa shape index (κ3) is 2.68. The first-order chi connectivity index (χ1) is 8.58. The molecule has 4 nitrogen and oxygen atoms in total. The SMILES string of the molecule is CC(C)Oc1ccc(-c2scnc2C(=O)O)cc1. The Morgan fingerprint density at radius 1 is 1.33 bits per heavy atom. The first-order valence-corrected chi connectivity index (χ1v) is 6.39. The van der Waals surface area contributed by atoms with Crippen LogP contribution in [0.4, 0.5) is 0 Å². The third-order valence-electron chi connectivity index (χ3n) is 2.26. The van der Waals surface area contributed by atoms with Crippen LogP contribution in [0.2, 0.25) is 0 Å². The van der Waals surface area contributed by atoms with E-state index in [0.717, 1.165) is 11.3 Å². The fourth-order valence-electron chi connectivity index (χ4n) is 1.56. The van der Waals surface area contributed by atoms with Crippen molar-refractivity contribution in [2.24, 2.45) is 0 Å². The Labute approximate surface area is 109 Å². The van der Waals surface area contributed by atoms with Crippen LogP contribution in [0.25, 0.3) is 10.4 Å². The van der Waals surface area contributed by atoms with Crippen molar-refractivity contribution in [2.45, 2.75) is 20.0 Å². The molecule has 1 heterocycles. The average Bonchev–Trinajstić information content (AvgIpc) is 2.78. The van der Waals surface area contributed by atoms with Gasteiger partial charge in [0.05, 0.1) is 16.5 Å². The van der Waals surface area contributed by atoms with Crippen LogP contribution in [0.15, 0.2) is 29.8 Å². The Balaban J connectivity index is 2.29. The van der Waals surface area contributed by atoms with Crippen molar-refractivity contribution in [2.75, 3.05) is 0 Å². The molecule has 2 aromatic rings. The number of carboxylic acid groups (broad SMARTS) is 1. The Morgan fingerprint density at radius 2 is 2.00 bits per heavy atom. The number of thiazole rings is 1. The van der Waals surface area contributed by atoms with E-state index < -0.39 is 5.97 Å². The summed E-state index contributed by atoms with van der Waals surface area (Å²) in [5.41, 5.74) is 2.47. The van der Waals surface area contributed by atoms with Gasteiger partial charge >= 0.3 is 5.97 Å². The summed E-state index contributed by atoms with van der Waals surface area (Å²) in [6, 6.07) is 7.36. The lowest BCUT2D eigenvalue weighted by Crippen LogP contribution is -2.05. The van der Waals surface area contributed by atoms with Crippen LogP contribution in [-0.2, 0) is 0 Å². The average molecular weight is 263 g/mol. The summed E-state index contributed by atoms with van der Waals surface area (Å²) in [6.45, 7) is 3.92. The molecule has 1 aromatic carbocycles. The highest BCUT2D eigenvalue weighted by Gasteiger charge is 2.14. The summed E-state index contributed by atoms with van der Waals surface area (Å²) in [7, 11) is 0. The zero-order chi connectivity index (χ0) is 13.1. The summed E-state index contributed by atoms with van der Waals surface area (Å²) in [5, 5.41) is 9.01. The van der Waals surface area contributed by atoms with Crippen LogP contribution in [0.1, 0.15) is 24.3 Å². The van der Waals surface area contributed by atoms with Crippen LogP contribution >= 0.6 is 11.3 Å². The second kappa shape index (κ2) is 5.18. The predicted octanol–water partition coefficient (Wildman–Crippen LogP) is 3.30. The summed E-state index contributed by atoms with van der Waals surface area (Å²) in [4.78, 5) is 15.5. The van der Waals surface area contributed by atoms with Gasteiger partial charge in [-0.25, -0.2) is 9.78 Å². The molecule has 2 rings (SSSR count). The maximum atomic E-state index is 11.0. The summed E-state index contributed by atoms with van der Waals surface area (Å²) >= 11 is 1.32. The van der Waals surface area contributed by atoms with E-state index in [1.807, 2.05) is 38.1 Å². The number of nitrogens with zero attached hydrogens (tertiary/aromatic N) is 1. The molecule has 1 aromatic heterocycles. The zero-order valence-electron chi connectivity index (χ0n) is 10.1. The number of carboxylic acids is 1. The summed E-state index contributed by atoms with van der Waals surface area (Å²) in [6.07, 6.45) is 0.119. The van der Waals surface area contributed by atoms with E-state index in [2.05, 4.69) is 4.98 Å². The molecule has 0 amide bonds. The predicted molar refractivity (Wildman–Crippen MR) is 70.3 cm³/mol. The second-order valence-corrected chi connectivity index (χ2v) is 4.88. The Morgan fingerprint density at radius 3 is 2.56 bits per heavy atom. The fraction of sp³-hybridized carbons (Fsp3) is 0.231. The van der Waals surface area contributed by atoms with Gasteiger partial charge in [-0.15, -0.1) is 11.3 Å². The zero-order valence-corrected chi connectivity index (χ0v) is 10.9. The van der Waals surface area contributed by atoms with Gasteiger partial charge < -0.3 is 9.84 Å². The maximum Gasteiger partial charge on any atom is 0.356 e. The first kappa shape index (κ1) is 12.6. The molecule has 0 radical (unpaired) electrons. The van der Waals surface area contributed by atoms with Crippen molar-refractivity contribution < 1.29 is 14.6 Å². The molecule has 0 bridgehead atoms. The van der Waals surface area contributed by atoms with Crippen molar-refractivity contribution in [1.29, 1.82) is 0 Å². The molecule has 5 heteroatoms. The van der Waals surface area contributed by atoms with Gasteiger partial charge in [-0.3, -0.25) is 0 Å². The van der Waals surface area contributed by atoms with Gasteiger partial charge in [0.1, 0.15) is 5.75 Å². The number of carbonyl (C=O) groups is 1. The van der Waals surface area contributed by atoms with Crippen LogP contribution in [-0.4, -0.2) is 22.2 Å². The Kier molecular flexibility index (Phi) is 3.62. The van der Waals surface area contributed by atoms with Gasteiger partial charge in [-0.2, -0.15) is 0 Å². The highest BCUT2D eigenvalue weighted by atomic mass is 32.1. The van der Waals surface area contributed by atoms with Gasteiger partial charge in [0, 0.05) is 0 Å². The highest BCUT2D eigenvalue weighted by Crippen LogP contribution is 2.29. The van der Waals surface area contributed by atoms with Crippen LogP contribution in [0, 0.1) is 0 Å². The maximum absolute atomic E-state index is 11.0. The largest absolute Gasteiger partial charge is 0.491 e. The van der Waals surface area contributed by atoms with Crippen molar-refractivity contribution in [1.82, 2.24) is 4.98 Å². The molecular formula is C13H13NO3S. The van der Waals surface area contributed by atoms with Gasteiger partial charge in [0.25, 0.3) is 0 Å². The lowest BCUT2D eigenvalue weighted by Gasteiger charge is -2.09. The molecule has 0 aliphatic heterocycles. The van der Waals surface area contributed by atoms with E-state index in [4.69, 9.17) is 9.84 Å². The third-order valence-corrected chi connectivity index (χ3v) is 3.13. The lowest BCUT2D eigenvalue weighted by atomic mass is 10.1. The summed E-state index contributed by atoms with van der Waals surface area (Å²) < 4.78 is 5.54. The number of aromatic carboxylic acids is 1. The van der Waals surface area contributed by atoms with E-state index in [-0.39, 0.29) is 11.8 Å². The molecule has 1 N–H and O–H groups in total. The molecule has 0 aliphatic rings. The molecule has 18 heavy (non-hydrogen) atoms. The fourth-order valence-corrected chi connectivity index (χ4v) is 2.35. The van der Waals surface area contributed by atoms with Gasteiger partial charge in [0.15, 0.2) is 5.69 Å². The minimum Gasteiger partial charge on any atom is -0.491 e. The topological polar surface area (TPSA) is 59.4 Å². The summed E-state index contributed by atoms with van der Waals surface area (Å²) in [5.74, 6) is -0.233. The minimum absolute atomic E-state index is 0.0949. The van der Waals surface area contributed by atoms with E-state index in [0.29, 0.717) is 4.88 Å². The second-order valence-electron chi connectivity index (χ2n) is 4.03. The molecule has 94 valence electrons. The Bertz CT molecular complexity index is 546. The van der Waals surface area contributed by atoms with Crippen LogP contribution in [0.3, 0.4) is 0 Å². The van der Waals surface area contributed by atoms with Crippen LogP contribution < -0.4 is 4.74 Å². The molecule has 0 fully saturated rings. The quantitative estimate of drug-likeness (QED) is 0.919. The molecule has 0 saturated heterocycles. The molecule has 0 atom stereocenters. The van der Waals surface area contributed by atoms with E-state index >= 15 is 0 Å². The number of hydrogen-bond donors (Lipinski definition) is 1. The van der Waals surface area contributed by atoms with Crippen molar-refractivity contribution in [3.05, 3.63) is 35.5 Å². The van der Waals surface area contributed by atoms with Gasteiger partial charge in [-0.05, 0) is 43.7 Å². The number of rotatable bonds is 4. The molecule has 0 spiro atoms. The van der Waals surface area contributed by atoms with Gasteiger partial charge in [0.2, 0.25) is 0 Å². The monoisotopic (exact) mass is 263 g/mol. The normalized spacial score (nSPS) is 10.6. The van der Waals surface area contributed by atoms with E-state index in [1.54, 1.807) is 0 Å². The minimum atomic E-state index is -1.01. The van der Waals surface area contributed by atoms with Crippen molar-refractivity contribution in [3.8, 4) is 16.2 Å². The number of hydrogen-bond acceptors (Lipinski definition) is 4. The van der Waals surface area contributed by atoms with Crippen LogP contribution in [0.5, 0.6) is 5.75 Å².